The third kappa shape index (κ3) is 5.84. The zero-order valence-electron chi connectivity index (χ0n) is 18.8. The number of hydrogen-bond donors (Lipinski definition) is 1. The highest BCUT2D eigenvalue weighted by Crippen LogP contribution is 2.35. The second-order valence-electron chi connectivity index (χ2n) is 8.52. The van der Waals surface area contributed by atoms with Crippen LogP contribution in [-0.4, -0.2) is 95.1 Å². The monoisotopic (exact) mass is 480 g/mol. The number of nitrogens with one attached hydrogen (secondary N) is 1. The molecule has 3 aliphatic heterocycles. The van der Waals surface area contributed by atoms with E-state index < -0.39 is 10.0 Å². The van der Waals surface area contributed by atoms with Crippen LogP contribution in [0.15, 0.2) is 23.1 Å². The summed E-state index contributed by atoms with van der Waals surface area (Å²) in [4.78, 5) is 28.7. The fourth-order valence-electron chi connectivity index (χ4n) is 4.32. The molecule has 0 spiro atoms. The molecule has 2 amide bonds. The van der Waals surface area contributed by atoms with E-state index in [1.54, 1.807) is 6.07 Å². The number of hydrogen-bond acceptors (Lipinski definition) is 7. The van der Waals surface area contributed by atoms with Gasteiger partial charge in [0.05, 0.1) is 23.8 Å². The molecule has 10 nitrogen and oxygen atoms in total. The number of sulfonamides is 1. The first-order valence-electron chi connectivity index (χ1n) is 11.6. The number of fused-ring (bicyclic) bond motifs is 1. The average Bonchev–Trinajstić information content (AvgIpc) is 3.12. The number of rotatable bonds is 7. The number of amides is 2. The number of nitrogens with zero attached hydrogens (tertiary/aromatic N) is 3. The minimum Gasteiger partial charge on any atom is -0.482 e. The van der Waals surface area contributed by atoms with Crippen LogP contribution in [0.5, 0.6) is 5.75 Å². The van der Waals surface area contributed by atoms with Crippen molar-refractivity contribution in [2.75, 3.05) is 70.5 Å². The summed E-state index contributed by atoms with van der Waals surface area (Å²) in [5.41, 5.74) is 0.311. The molecule has 2 fully saturated rings. The third-order valence-corrected chi connectivity index (χ3v) is 8.13. The summed E-state index contributed by atoms with van der Waals surface area (Å²) in [6.07, 6.45) is 3.71. The van der Waals surface area contributed by atoms with Gasteiger partial charge >= 0.3 is 0 Å². The minimum absolute atomic E-state index is 0.110. The Morgan fingerprint density at radius 2 is 1.76 bits per heavy atom. The molecule has 11 heteroatoms. The molecule has 0 saturated carbocycles. The van der Waals surface area contributed by atoms with E-state index in [2.05, 4.69) is 10.2 Å². The predicted octanol–water partition coefficient (Wildman–Crippen LogP) is 0.425. The van der Waals surface area contributed by atoms with E-state index in [0.29, 0.717) is 50.8 Å². The van der Waals surface area contributed by atoms with Gasteiger partial charge in [-0.2, -0.15) is 4.31 Å². The maximum absolute atomic E-state index is 13.2. The van der Waals surface area contributed by atoms with Crippen molar-refractivity contribution >= 4 is 27.5 Å². The van der Waals surface area contributed by atoms with Crippen LogP contribution in [-0.2, 0) is 24.3 Å². The Balaban J connectivity index is 1.44. The van der Waals surface area contributed by atoms with Crippen LogP contribution in [0.1, 0.15) is 25.7 Å². The molecule has 0 aromatic heterocycles. The van der Waals surface area contributed by atoms with E-state index in [-0.39, 0.29) is 29.9 Å². The second kappa shape index (κ2) is 10.8. The molecular formula is C22H32N4O6S. The number of benzene rings is 1. The van der Waals surface area contributed by atoms with Gasteiger partial charge in [-0.1, -0.05) is 12.8 Å². The summed E-state index contributed by atoms with van der Waals surface area (Å²) < 4.78 is 38.8. The van der Waals surface area contributed by atoms with E-state index >= 15 is 0 Å². The minimum atomic E-state index is -3.69. The molecule has 0 bridgehead atoms. The van der Waals surface area contributed by atoms with Gasteiger partial charge in [-0.15, -0.1) is 0 Å². The molecule has 0 radical (unpaired) electrons. The summed E-state index contributed by atoms with van der Waals surface area (Å²) in [5, 5.41) is 2.85. The van der Waals surface area contributed by atoms with Gasteiger partial charge in [-0.3, -0.25) is 19.4 Å². The van der Waals surface area contributed by atoms with Crippen LogP contribution < -0.4 is 15.0 Å². The van der Waals surface area contributed by atoms with Gasteiger partial charge in [0, 0.05) is 39.3 Å². The first-order chi connectivity index (χ1) is 15.9. The lowest BCUT2D eigenvalue weighted by Crippen LogP contribution is -2.47. The molecule has 0 aliphatic carbocycles. The summed E-state index contributed by atoms with van der Waals surface area (Å²) in [6, 6.07) is 4.53. The number of anilines is 1. The number of carbonyl (C=O) groups is 2. The van der Waals surface area contributed by atoms with Gasteiger partial charge in [0.2, 0.25) is 15.9 Å². The molecule has 1 aromatic carbocycles. The molecule has 0 atom stereocenters. The standard InChI is InChI=1S/C22H32N4O6S/c27-21(23-7-10-24-11-13-31-14-12-24)16-26-19-15-18(5-6-20(19)32-17-22(26)28)33(29,30)25-8-3-1-2-4-9-25/h5-6,15H,1-4,7-14,16-17H2,(H,23,27). The molecule has 3 heterocycles. The van der Waals surface area contributed by atoms with Crippen LogP contribution in [0, 0.1) is 0 Å². The fraction of sp³-hybridized carbons (Fsp3) is 0.636. The molecule has 1 aromatic rings. The van der Waals surface area contributed by atoms with Crippen molar-refractivity contribution in [1.82, 2.24) is 14.5 Å². The van der Waals surface area contributed by atoms with Crippen molar-refractivity contribution < 1.29 is 27.5 Å². The van der Waals surface area contributed by atoms with E-state index in [9.17, 15) is 18.0 Å². The molecule has 2 saturated heterocycles. The Labute approximate surface area is 194 Å². The van der Waals surface area contributed by atoms with Crippen molar-refractivity contribution in [2.45, 2.75) is 30.6 Å². The number of morpholine rings is 1. The molecule has 182 valence electrons. The SMILES string of the molecule is O=C(CN1C(=O)COc2ccc(S(=O)(=O)N3CCCCCC3)cc21)NCCN1CCOCC1. The second-order valence-corrected chi connectivity index (χ2v) is 10.5. The summed E-state index contributed by atoms with van der Waals surface area (Å²) in [7, 11) is -3.69. The Hall–Kier alpha value is -2.21. The van der Waals surface area contributed by atoms with Crippen LogP contribution in [0.3, 0.4) is 0 Å². The lowest BCUT2D eigenvalue weighted by atomic mass is 10.2. The van der Waals surface area contributed by atoms with Gasteiger partial charge < -0.3 is 14.8 Å². The van der Waals surface area contributed by atoms with E-state index in [0.717, 1.165) is 38.8 Å². The Kier molecular flexibility index (Phi) is 7.84. The topological polar surface area (TPSA) is 108 Å². The molecule has 4 rings (SSSR count). The highest BCUT2D eigenvalue weighted by Gasteiger charge is 2.31. The van der Waals surface area contributed by atoms with Gasteiger partial charge in [-0.05, 0) is 31.0 Å². The van der Waals surface area contributed by atoms with Crippen LogP contribution >= 0.6 is 0 Å². The number of ether oxygens (including phenoxy) is 2. The van der Waals surface area contributed by atoms with Crippen molar-refractivity contribution in [3.8, 4) is 5.75 Å². The zero-order valence-corrected chi connectivity index (χ0v) is 19.6. The van der Waals surface area contributed by atoms with Crippen LogP contribution in [0.25, 0.3) is 0 Å². The van der Waals surface area contributed by atoms with Crippen molar-refractivity contribution in [3.63, 3.8) is 0 Å². The Morgan fingerprint density at radius 1 is 1.03 bits per heavy atom. The lowest BCUT2D eigenvalue weighted by molar-refractivity contribution is -0.125. The Bertz CT molecular complexity index is 956. The van der Waals surface area contributed by atoms with Gasteiger partial charge in [0.15, 0.2) is 6.61 Å². The van der Waals surface area contributed by atoms with Crippen molar-refractivity contribution in [1.29, 1.82) is 0 Å². The maximum Gasteiger partial charge on any atom is 0.265 e. The fourth-order valence-corrected chi connectivity index (χ4v) is 5.86. The highest BCUT2D eigenvalue weighted by atomic mass is 32.2. The zero-order chi connectivity index (χ0) is 23.3. The van der Waals surface area contributed by atoms with E-state index in [4.69, 9.17) is 9.47 Å². The number of carbonyl (C=O) groups excluding carboxylic acids is 2. The first kappa shape index (κ1) is 23.9. The molecule has 3 aliphatic rings. The largest absolute Gasteiger partial charge is 0.482 e. The smallest absolute Gasteiger partial charge is 0.265 e. The van der Waals surface area contributed by atoms with Crippen molar-refractivity contribution in [3.05, 3.63) is 18.2 Å². The lowest BCUT2D eigenvalue weighted by Gasteiger charge is -2.30. The summed E-state index contributed by atoms with van der Waals surface area (Å²) in [5.74, 6) is -0.286. The third-order valence-electron chi connectivity index (χ3n) is 6.23. The first-order valence-corrected chi connectivity index (χ1v) is 13.0. The van der Waals surface area contributed by atoms with Gasteiger partial charge in [0.1, 0.15) is 12.3 Å². The van der Waals surface area contributed by atoms with Crippen LogP contribution in [0.4, 0.5) is 5.69 Å². The van der Waals surface area contributed by atoms with Gasteiger partial charge in [-0.25, -0.2) is 8.42 Å². The quantitative estimate of drug-likeness (QED) is 0.603. The summed E-state index contributed by atoms with van der Waals surface area (Å²) >= 11 is 0. The predicted molar refractivity (Wildman–Crippen MR) is 122 cm³/mol. The molecule has 1 N–H and O–H groups in total. The molecule has 33 heavy (non-hydrogen) atoms. The van der Waals surface area contributed by atoms with Crippen molar-refractivity contribution in [2.24, 2.45) is 0 Å². The summed E-state index contributed by atoms with van der Waals surface area (Å²) in [6.45, 7) is 4.82. The average molecular weight is 481 g/mol. The van der Waals surface area contributed by atoms with E-state index in [1.165, 1.54) is 21.3 Å². The highest BCUT2D eigenvalue weighted by molar-refractivity contribution is 7.89. The molecule has 0 unspecified atom stereocenters. The molecular weight excluding hydrogens is 448 g/mol. The normalized spacial score (nSPS) is 20.6. The van der Waals surface area contributed by atoms with Gasteiger partial charge in [0.25, 0.3) is 5.91 Å². The maximum atomic E-state index is 13.2. The Morgan fingerprint density at radius 3 is 2.48 bits per heavy atom. The van der Waals surface area contributed by atoms with E-state index in [1.807, 2.05) is 0 Å². The van der Waals surface area contributed by atoms with Crippen LogP contribution in [0.2, 0.25) is 0 Å².